The fourth-order valence-corrected chi connectivity index (χ4v) is 2.15. The van der Waals surface area contributed by atoms with Crippen molar-refractivity contribution in [1.82, 2.24) is 14.5 Å². The number of nitrogens with zero attached hydrogens (tertiary/aromatic N) is 4. The van der Waals surface area contributed by atoms with Crippen LogP contribution in [0.1, 0.15) is 10.5 Å². The standard InChI is InChI=1S/C12H12F2N4OS/c1-17(8-4-3-5-15-6-8)10(19)9-7-16-12(18(9)2)20-11(13)14/h3-7,11H,1-2H3. The number of alkyl halides is 2. The van der Waals surface area contributed by atoms with Crippen LogP contribution < -0.4 is 4.90 Å². The Kier molecular flexibility index (Phi) is 4.33. The van der Waals surface area contributed by atoms with Crippen molar-refractivity contribution in [2.75, 3.05) is 11.9 Å². The maximum Gasteiger partial charge on any atom is 0.291 e. The van der Waals surface area contributed by atoms with Gasteiger partial charge in [0, 0.05) is 20.3 Å². The maximum atomic E-state index is 12.3. The Morgan fingerprint density at radius 2 is 2.20 bits per heavy atom. The van der Waals surface area contributed by atoms with Gasteiger partial charge in [0.25, 0.3) is 11.7 Å². The number of hydrogen-bond donors (Lipinski definition) is 0. The van der Waals surface area contributed by atoms with Crippen molar-refractivity contribution in [1.29, 1.82) is 0 Å². The lowest BCUT2D eigenvalue weighted by atomic mass is 10.3. The molecule has 20 heavy (non-hydrogen) atoms. The van der Waals surface area contributed by atoms with Gasteiger partial charge in [0.2, 0.25) is 0 Å². The molecule has 0 radical (unpaired) electrons. The van der Waals surface area contributed by atoms with Crippen molar-refractivity contribution in [2.24, 2.45) is 7.05 Å². The van der Waals surface area contributed by atoms with E-state index in [4.69, 9.17) is 0 Å². The van der Waals surface area contributed by atoms with Crippen molar-refractivity contribution in [2.45, 2.75) is 10.9 Å². The van der Waals surface area contributed by atoms with Gasteiger partial charge in [-0.15, -0.1) is 0 Å². The lowest BCUT2D eigenvalue weighted by Crippen LogP contribution is -2.28. The van der Waals surface area contributed by atoms with Gasteiger partial charge < -0.3 is 9.47 Å². The summed E-state index contributed by atoms with van der Waals surface area (Å²) in [4.78, 5) is 21.5. The van der Waals surface area contributed by atoms with Crippen LogP contribution in [0.3, 0.4) is 0 Å². The molecule has 2 heterocycles. The van der Waals surface area contributed by atoms with E-state index >= 15 is 0 Å². The van der Waals surface area contributed by atoms with Gasteiger partial charge in [-0.25, -0.2) is 4.98 Å². The number of pyridine rings is 1. The lowest BCUT2D eigenvalue weighted by molar-refractivity contribution is 0.0984. The van der Waals surface area contributed by atoms with Crippen molar-refractivity contribution in [3.8, 4) is 0 Å². The molecule has 0 atom stereocenters. The molecule has 0 unspecified atom stereocenters. The van der Waals surface area contributed by atoms with Gasteiger partial charge in [0.05, 0.1) is 18.1 Å². The predicted octanol–water partition coefficient (Wildman–Crippen LogP) is 2.41. The largest absolute Gasteiger partial charge is 0.318 e. The minimum atomic E-state index is -2.57. The van der Waals surface area contributed by atoms with Crippen LogP contribution in [0.5, 0.6) is 0 Å². The van der Waals surface area contributed by atoms with Crippen LogP contribution >= 0.6 is 11.8 Å². The first kappa shape index (κ1) is 14.4. The number of thioether (sulfide) groups is 1. The summed E-state index contributed by atoms with van der Waals surface area (Å²) in [6.07, 6.45) is 4.44. The minimum Gasteiger partial charge on any atom is -0.318 e. The highest BCUT2D eigenvalue weighted by molar-refractivity contribution is 7.99. The highest BCUT2D eigenvalue weighted by Crippen LogP contribution is 2.25. The Bertz CT molecular complexity index is 603. The van der Waals surface area contributed by atoms with Gasteiger partial charge in [-0.2, -0.15) is 8.78 Å². The molecule has 0 saturated heterocycles. The fraction of sp³-hybridized carbons (Fsp3) is 0.250. The van der Waals surface area contributed by atoms with Crippen molar-refractivity contribution < 1.29 is 13.6 Å². The molecule has 0 fully saturated rings. The topological polar surface area (TPSA) is 51.0 Å². The molecule has 0 bridgehead atoms. The molecule has 5 nitrogen and oxygen atoms in total. The van der Waals surface area contributed by atoms with E-state index in [1.54, 1.807) is 31.6 Å². The molecule has 0 aliphatic rings. The summed E-state index contributed by atoms with van der Waals surface area (Å²) in [5.74, 6) is -2.91. The van der Waals surface area contributed by atoms with Crippen LogP contribution in [-0.4, -0.2) is 33.2 Å². The van der Waals surface area contributed by atoms with Gasteiger partial charge in [0.1, 0.15) is 5.69 Å². The first-order chi connectivity index (χ1) is 9.50. The Labute approximate surface area is 118 Å². The summed E-state index contributed by atoms with van der Waals surface area (Å²) in [7, 11) is 3.12. The summed E-state index contributed by atoms with van der Waals surface area (Å²) < 4.78 is 26.0. The number of hydrogen-bond acceptors (Lipinski definition) is 4. The maximum absolute atomic E-state index is 12.3. The van der Waals surface area contributed by atoms with Crippen LogP contribution in [0.15, 0.2) is 35.9 Å². The van der Waals surface area contributed by atoms with Crippen LogP contribution in [-0.2, 0) is 7.05 Å². The molecule has 0 aliphatic carbocycles. The molecule has 2 rings (SSSR count). The molecule has 2 aromatic heterocycles. The van der Waals surface area contributed by atoms with Crippen LogP contribution in [0.2, 0.25) is 0 Å². The Hall–Kier alpha value is -1.96. The monoisotopic (exact) mass is 298 g/mol. The van der Waals surface area contributed by atoms with Crippen LogP contribution in [0.4, 0.5) is 14.5 Å². The van der Waals surface area contributed by atoms with Gasteiger partial charge >= 0.3 is 0 Å². The van der Waals surface area contributed by atoms with Gasteiger partial charge in [-0.1, -0.05) is 0 Å². The zero-order chi connectivity index (χ0) is 14.7. The number of amides is 1. The van der Waals surface area contributed by atoms with Crippen molar-refractivity contribution in [3.63, 3.8) is 0 Å². The average molecular weight is 298 g/mol. The van der Waals surface area contributed by atoms with Crippen molar-refractivity contribution >= 4 is 23.4 Å². The van der Waals surface area contributed by atoms with E-state index in [1.807, 2.05) is 0 Å². The predicted molar refractivity (Wildman–Crippen MR) is 72.0 cm³/mol. The van der Waals surface area contributed by atoms with Crippen LogP contribution in [0, 0.1) is 0 Å². The number of rotatable bonds is 4. The third kappa shape index (κ3) is 2.96. The van der Waals surface area contributed by atoms with Crippen molar-refractivity contribution in [3.05, 3.63) is 36.4 Å². The molecule has 0 aromatic carbocycles. The summed E-state index contributed by atoms with van der Waals surface area (Å²) in [6, 6.07) is 3.44. The number of anilines is 1. The Balaban J connectivity index is 2.24. The average Bonchev–Trinajstić information content (AvgIpc) is 2.79. The highest BCUT2D eigenvalue weighted by Gasteiger charge is 2.20. The van der Waals surface area contributed by atoms with E-state index in [2.05, 4.69) is 9.97 Å². The van der Waals surface area contributed by atoms with Gasteiger partial charge in [-0.3, -0.25) is 9.78 Å². The number of halogens is 2. The molecule has 0 aliphatic heterocycles. The van der Waals surface area contributed by atoms with E-state index in [1.165, 1.54) is 22.7 Å². The quantitative estimate of drug-likeness (QED) is 0.813. The molecule has 1 amide bonds. The highest BCUT2D eigenvalue weighted by atomic mass is 32.2. The normalized spacial score (nSPS) is 10.8. The zero-order valence-electron chi connectivity index (χ0n) is 10.8. The molecule has 0 saturated carbocycles. The second-order valence-corrected chi connectivity index (χ2v) is 4.90. The summed E-state index contributed by atoms with van der Waals surface area (Å²) >= 11 is 0.306. The Morgan fingerprint density at radius 1 is 1.45 bits per heavy atom. The molecular formula is C12H12F2N4OS. The number of carbonyl (C=O) groups is 1. The minimum absolute atomic E-state index is 0.0999. The van der Waals surface area contributed by atoms with E-state index in [0.717, 1.165) is 0 Å². The molecule has 0 spiro atoms. The fourth-order valence-electron chi connectivity index (χ4n) is 1.62. The number of aromatic nitrogens is 3. The summed E-state index contributed by atoms with van der Waals surface area (Å²) in [5.41, 5.74) is 0.848. The molecule has 106 valence electrons. The second kappa shape index (κ2) is 6.00. The Morgan fingerprint density at radius 3 is 2.80 bits per heavy atom. The van der Waals surface area contributed by atoms with Crippen LogP contribution in [0.25, 0.3) is 0 Å². The first-order valence-electron chi connectivity index (χ1n) is 5.65. The van der Waals surface area contributed by atoms with E-state index in [9.17, 15) is 13.6 Å². The molecular weight excluding hydrogens is 286 g/mol. The SMILES string of the molecule is CN(C(=O)c1cnc(SC(F)F)n1C)c1cccnc1. The van der Waals surface area contributed by atoms with Gasteiger partial charge in [0.15, 0.2) is 5.16 Å². The zero-order valence-corrected chi connectivity index (χ0v) is 11.6. The van der Waals surface area contributed by atoms with Gasteiger partial charge in [-0.05, 0) is 23.9 Å². The van der Waals surface area contributed by atoms with E-state index in [0.29, 0.717) is 17.4 Å². The van der Waals surface area contributed by atoms with E-state index < -0.39 is 5.76 Å². The molecule has 0 N–H and O–H groups in total. The van der Waals surface area contributed by atoms with E-state index in [-0.39, 0.29) is 16.8 Å². The second-order valence-electron chi connectivity index (χ2n) is 3.94. The third-order valence-electron chi connectivity index (χ3n) is 2.70. The summed E-state index contributed by atoms with van der Waals surface area (Å²) in [6.45, 7) is 0. The number of imidazole rings is 1. The first-order valence-corrected chi connectivity index (χ1v) is 6.53. The lowest BCUT2D eigenvalue weighted by Gasteiger charge is -2.16. The smallest absolute Gasteiger partial charge is 0.291 e. The third-order valence-corrected chi connectivity index (χ3v) is 3.47. The summed E-state index contributed by atoms with van der Waals surface area (Å²) in [5, 5.41) is 0.0999. The molecule has 8 heteroatoms. The number of carbonyl (C=O) groups excluding carboxylic acids is 1. The molecule has 2 aromatic rings.